The van der Waals surface area contributed by atoms with E-state index in [-0.39, 0.29) is 11.8 Å². The van der Waals surface area contributed by atoms with Gasteiger partial charge in [0, 0.05) is 24.0 Å². The van der Waals surface area contributed by atoms with Crippen LogP contribution in [0.5, 0.6) is 0 Å². The van der Waals surface area contributed by atoms with Crippen molar-refractivity contribution in [2.75, 3.05) is 13.1 Å². The van der Waals surface area contributed by atoms with E-state index < -0.39 is 0 Å². The molecule has 2 amide bonds. The normalized spacial score (nSPS) is 11.3. The monoisotopic (exact) mass is 423 g/mol. The number of rotatable bonds is 8. The first kappa shape index (κ1) is 22.0. The largest absolute Gasteiger partial charge is 0.350 e. The van der Waals surface area contributed by atoms with Gasteiger partial charge in [0.15, 0.2) is 0 Å². The summed E-state index contributed by atoms with van der Waals surface area (Å²) in [5.41, 5.74) is 1.08. The van der Waals surface area contributed by atoms with E-state index in [2.05, 4.69) is 38.0 Å². The van der Waals surface area contributed by atoms with Crippen molar-refractivity contribution in [3.05, 3.63) is 64.1 Å². The molecule has 0 unspecified atom stereocenters. The zero-order chi connectivity index (χ0) is 21.7. The third-order valence-corrected chi connectivity index (χ3v) is 5.48. The minimum absolute atomic E-state index is 0.0181. The van der Waals surface area contributed by atoms with Crippen LogP contribution in [0, 0.1) is 11.8 Å². The van der Waals surface area contributed by atoms with Crippen LogP contribution in [0.4, 0.5) is 0 Å². The molecule has 1 heterocycles. The zero-order valence-electron chi connectivity index (χ0n) is 18.0. The summed E-state index contributed by atoms with van der Waals surface area (Å²) in [5.74, 6) is 0.522. The molecule has 1 aromatic heterocycles. The van der Waals surface area contributed by atoms with Gasteiger partial charge in [0.25, 0.3) is 11.8 Å². The molecule has 30 heavy (non-hydrogen) atoms. The molecular formula is C24H29N3O2S. The lowest BCUT2D eigenvalue weighted by molar-refractivity contribution is 0.0722. The minimum atomic E-state index is -0.164. The van der Waals surface area contributed by atoms with Gasteiger partial charge in [0.1, 0.15) is 10.7 Å². The zero-order valence-corrected chi connectivity index (χ0v) is 18.8. The van der Waals surface area contributed by atoms with Crippen LogP contribution in [0.15, 0.2) is 47.8 Å². The van der Waals surface area contributed by atoms with E-state index in [4.69, 9.17) is 0 Å². The summed E-state index contributed by atoms with van der Waals surface area (Å²) in [6.07, 6.45) is 0. The molecule has 0 saturated carbocycles. The van der Waals surface area contributed by atoms with Crippen LogP contribution < -0.4 is 5.32 Å². The van der Waals surface area contributed by atoms with E-state index in [0.717, 1.165) is 15.8 Å². The highest BCUT2D eigenvalue weighted by molar-refractivity contribution is 7.09. The molecule has 158 valence electrons. The summed E-state index contributed by atoms with van der Waals surface area (Å²) >= 11 is 1.42. The smallest absolute Gasteiger partial charge is 0.270 e. The number of fused-ring (bicyclic) bond motifs is 1. The maximum Gasteiger partial charge on any atom is 0.270 e. The molecule has 0 atom stereocenters. The summed E-state index contributed by atoms with van der Waals surface area (Å²) in [4.78, 5) is 31.8. The summed E-state index contributed by atoms with van der Waals surface area (Å²) in [6.45, 7) is 9.92. The number of carbonyl (C=O) groups is 2. The van der Waals surface area contributed by atoms with Gasteiger partial charge >= 0.3 is 0 Å². The van der Waals surface area contributed by atoms with Crippen molar-refractivity contribution >= 4 is 33.9 Å². The quantitative estimate of drug-likeness (QED) is 0.556. The number of thiazole rings is 1. The van der Waals surface area contributed by atoms with Gasteiger partial charge in [0.2, 0.25) is 0 Å². The van der Waals surface area contributed by atoms with Crippen LogP contribution in [0.1, 0.15) is 53.5 Å². The number of nitrogens with zero attached hydrogens (tertiary/aromatic N) is 2. The first-order valence-corrected chi connectivity index (χ1v) is 11.2. The number of hydrogen-bond donors (Lipinski definition) is 1. The molecular weight excluding hydrogens is 394 g/mol. The molecule has 0 fully saturated rings. The van der Waals surface area contributed by atoms with E-state index in [0.29, 0.717) is 42.7 Å². The van der Waals surface area contributed by atoms with E-state index in [1.165, 1.54) is 11.3 Å². The Morgan fingerprint density at radius 2 is 1.77 bits per heavy atom. The Morgan fingerprint density at radius 3 is 2.47 bits per heavy atom. The number of benzene rings is 2. The predicted octanol–water partition coefficient (Wildman–Crippen LogP) is 4.98. The summed E-state index contributed by atoms with van der Waals surface area (Å²) in [7, 11) is 0. The molecule has 2 aromatic carbocycles. The summed E-state index contributed by atoms with van der Waals surface area (Å²) < 4.78 is 0. The highest BCUT2D eigenvalue weighted by Crippen LogP contribution is 2.20. The van der Waals surface area contributed by atoms with Crippen LogP contribution in [0.3, 0.4) is 0 Å². The molecule has 0 radical (unpaired) electrons. The lowest BCUT2D eigenvalue weighted by Gasteiger charge is -2.24. The Balaban J connectivity index is 1.77. The standard InChI is InChI=1S/C24H29N3O2S/c1-16(2)12-25-23(28)21-15-30-22(26-21)14-27(13-17(3)4)24(29)20-10-9-18-7-5-6-8-19(18)11-20/h5-11,15-17H,12-14H2,1-4H3,(H,25,28). The Hall–Kier alpha value is -2.73. The molecule has 5 nitrogen and oxygen atoms in total. The molecule has 0 aliphatic rings. The lowest BCUT2D eigenvalue weighted by atomic mass is 10.1. The van der Waals surface area contributed by atoms with Crippen LogP contribution in [0.25, 0.3) is 10.8 Å². The second kappa shape index (κ2) is 9.85. The first-order chi connectivity index (χ1) is 14.3. The van der Waals surface area contributed by atoms with E-state index in [9.17, 15) is 9.59 Å². The van der Waals surface area contributed by atoms with Gasteiger partial charge in [-0.25, -0.2) is 4.98 Å². The van der Waals surface area contributed by atoms with Gasteiger partial charge < -0.3 is 10.2 Å². The van der Waals surface area contributed by atoms with Crippen molar-refractivity contribution in [2.24, 2.45) is 11.8 Å². The van der Waals surface area contributed by atoms with Gasteiger partial charge in [-0.1, -0.05) is 58.0 Å². The number of carbonyl (C=O) groups excluding carboxylic acids is 2. The van der Waals surface area contributed by atoms with Crippen LogP contribution >= 0.6 is 11.3 Å². The van der Waals surface area contributed by atoms with Crippen LogP contribution in [0.2, 0.25) is 0 Å². The van der Waals surface area contributed by atoms with Crippen LogP contribution in [-0.4, -0.2) is 34.8 Å². The van der Waals surface area contributed by atoms with E-state index in [1.54, 1.807) is 5.38 Å². The Labute approximate surface area is 182 Å². The average Bonchev–Trinajstić information content (AvgIpc) is 3.19. The van der Waals surface area contributed by atoms with Gasteiger partial charge in [-0.05, 0) is 34.7 Å². The molecule has 0 aliphatic heterocycles. The van der Waals surface area contributed by atoms with Crippen molar-refractivity contribution < 1.29 is 9.59 Å². The van der Waals surface area contributed by atoms with Gasteiger partial charge in [-0.15, -0.1) is 11.3 Å². The summed E-state index contributed by atoms with van der Waals surface area (Å²) in [5, 5.41) is 7.57. The number of aromatic nitrogens is 1. The van der Waals surface area contributed by atoms with Crippen molar-refractivity contribution in [3.8, 4) is 0 Å². The van der Waals surface area contributed by atoms with Crippen molar-refractivity contribution in [1.82, 2.24) is 15.2 Å². The highest BCUT2D eigenvalue weighted by Gasteiger charge is 2.20. The minimum Gasteiger partial charge on any atom is -0.350 e. The van der Waals surface area contributed by atoms with E-state index >= 15 is 0 Å². The Morgan fingerprint density at radius 1 is 1.03 bits per heavy atom. The fourth-order valence-corrected chi connectivity index (χ4v) is 3.99. The Kier molecular flexibility index (Phi) is 7.21. The van der Waals surface area contributed by atoms with E-state index in [1.807, 2.05) is 47.4 Å². The molecule has 0 spiro atoms. The molecule has 6 heteroatoms. The van der Waals surface area contributed by atoms with Gasteiger partial charge in [-0.3, -0.25) is 9.59 Å². The maximum absolute atomic E-state index is 13.3. The Bertz CT molecular complexity index is 1030. The summed E-state index contributed by atoms with van der Waals surface area (Å²) in [6, 6.07) is 13.8. The second-order valence-corrected chi connectivity index (χ2v) is 9.31. The molecule has 0 saturated heterocycles. The van der Waals surface area contributed by atoms with Gasteiger partial charge in [-0.2, -0.15) is 0 Å². The van der Waals surface area contributed by atoms with Gasteiger partial charge in [0.05, 0.1) is 6.54 Å². The predicted molar refractivity (Wildman–Crippen MR) is 123 cm³/mol. The SMILES string of the molecule is CC(C)CNC(=O)c1csc(CN(CC(C)C)C(=O)c2ccc3ccccc3c2)n1. The topological polar surface area (TPSA) is 62.3 Å². The first-order valence-electron chi connectivity index (χ1n) is 10.3. The lowest BCUT2D eigenvalue weighted by Crippen LogP contribution is -2.34. The molecule has 0 aliphatic carbocycles. The maximum atomic E-state index is 13.3. The fourth-order valence-electron chi connectivity index (χ4n) is 3.20. The van der Waals surface area contributed by atoms with Crippen molar-refractivity contribution in [2.45, 2.75) is 34.2 Å². The second-order valence-electron chi connectivity index (χ2n) is 8.37. The number of nitrogens with one attached hydrogen (secondary N) is 1. The molecule has 0 bridgehead atoms. The fraction of sp³-hybridized carbons (Fsp3) is 0.375. The third-order valence-electron chi connectivity index (χ3n) is 4.65. The number of hydrogen-bond acceptors (Lipinski definition) is 4. The van der Waals surface area contributed by atoms with Crippen molar-refractivity contribution in [1.29, 1.82) is 0 Å². The number of amides is 2. The highest BCUT2D eigenvalue weighted by atomic mass is 32.1. The molecule has 3 rings (SSSR count). The average molecular weight is 424 g/mol. The van der Waals surface area contributed by atoms with Crippen molar-refractivity contribution in [3.63, 3.8) is 0 Å². The third kappa shape index (κ3) is 5.66. The molecule has 1 N–H and O–H groups in total. The molecule has 3 aromatic rings. The van der Waals surface area contributed by atoms with Crippen LogP contribution in [-0.2, 0) is 6.54 Å².